The van der Waals surface area contributed by atoms with Gasteiger partial charge in [0.1, 0.15) is 5.60 Å². The molecule has 0 aromatic carbocycles. The zero-order valence-electron chi connectivity index (χ0n) is 16.6. The van der Waals surface area contributed by atoms with Gasteiger partial charge in [-0.1, -0.05) is 13.3 Å². The summed E-state index contributed by atoms with van der Waals surface area (Å²) in [5.74, 6) is 0.511. The van der Waals surface area contributed by atoms with E-state index in [9.17, 15) is 9.59 Å². The van der Waals surface area contributed by atoms with E-state index < -0.39 is 5.60 Å². The van der Waals surface area contributed by atoms with Gasteiger partial charge < -0.3 is 14.2 Å². The predicted molar refractivity (Wildman–Crippen MR) is 106 cm³/mol. The Morgan fingerprint density at radius 2 is 1.93 bits per heavy atom. The Balaban J connectivity index is 2.10. The van der Waals surface area contributed by atoms with Crippen molar-refractivity contribution in [1.29, 1.82) is 0 Å². The molecule has 0 saturated heterocycles. The number of esters is 1. The molecule has 2 aromatic heterocycles. The Kier molecular flexibility index (Phi) is 7.18. The maximum absolute atomic E-state index is 12.4. The molecular formula is C20H27NO5S. The first-order valence-electron chi connectivity index (χ1n) is 9.10. The predicted octanol–water partition coefficient (Wildman–Crippen LogP) is 4.79. The number of fused-ring (bicyclic) bond motifs is 1. The normalized spacial score (nSPS) is 11.4. The Morgan fingerprint density at radius 3 is 2.56 bits per heavy atom. The molecule has 2 heterocycles. The summed E-state index contributed by atoms with van der Waals surface area (Å²) in [4.78, 5) is 29.3. The van der Waals surface area contributed by atoms with Crippen LogP contribution in [0.15, 0.2) is 12.1 Å². The number of ketones is 1. The first-order valence-corrected chi connectivity index (χ1v) is 9.91. The third kappa shape index (κ3) is 6.20. The molecule has 0 unspecified atom stereocenters. The summed E-state index contributed by atoms with van der Waals surface area (Å²) < 4.78 is 17.1. The van der Waals surface area contributed by atoms with Crippen molar-refractivity contribution in [3.05, 3.63) is 17.0 Å². The molecule has 7 heteroatoms. The second kappa shape index (κ2) is 9.17. The highest BCUT2D eigenvalue weighted by Gasteiger charge is 2.19. The SMILES string of the molecule is CCCCOc1nc2cc(C(=O)CCC(=O)OC(C)(C)C)sc2cc1OC. The number of aromatic nitrogens is 1. The first-order chi connectivity index (χ1) is 12.7. The average molecular weight is 394 g/mol. The maximum Gasteiger partial charge on any atom is 0.306 e. The van der Waals surface area contributed by atoms with Gasteiger partial charge in [0.2, 0.25) is 0 Å². The average Bonchev–Trinajstić information content (AvgIpc) is 3.00. The fraction of sp³-hybridized carbons (Fsp3) is 0.550. The van der Waals surface area contributed by atoms with Crippen LogP contribution in [-0.2, 0) is 9.53 Å². The Morgan fingerprint density at radius 1 is 1.19 bits per heavy atom. The Labute approximate surface area is 163 Å². The van der Waals surface area contributed by atoms with Crippen molar-refractivity contribution in [2.45, 2.75) is 59.0 Å². The van der Waals surface area contributed by atoms with Crippen molar-refractivity contribution in [3.63, 3.8) is 0 Å². The molecule has 148 valence electrons. The molecule has 0 aliphatic rings. The van der Waals surface area contributed by atoms with Gasteiger partial charge in [-0.25, -0.2) is 4.98 Å². The van der Waals surface area contributed by atoms with E-state index in [-0.39, 0.29) is 24.6 Å². The Bertz CT molecular complexity index is 807. The fourth-order valence-corrected chi connectivity index (χ4v) is 3.36. The summed E-state index contributed by atoms with van der Waals surface area (Å²) >= 11 is 1.34. The molecule has 0 N–H and O–H groups in total. The molecule has 0 radical (unpaired) electrons. The van der Waals surface area contributed by atoms with Crippen LogP contribution in [0, 0.1) is 0 Å². The number of hydrogen-bond donors (Lipinski definition) is 0. The van der Waals surface area contributed by atoms with Gasteiger partial charge in [0, 0.05) is 12.5 Å². The number of methoxy groups -OCH3 is 1. The van der Waals surface area contributed by atoms with E-state index in [0.717, 1.165) is 17.5 Å². The van der Waals surface area contributed by atoms with Gasteiger partial charge in [-0.2, -0.15) is 0 Å². The lowest BCUT2D eigenvalue weighted by Crippen LogP contribution is -2.24. The molecular weight excluding hydrogens is 366 g/mol. The van der Waals surface area contributed by atoms with Crippen molar-refractivity contribution < 1.29 is 23.8 Å². The second-order valence-corrected chi connectivity index (χ2v) is 8.29. The minimum Gasteiger partial charge on any atom is -0.491 e. The van der Waals surface area contributed by atoms with Crippen molar-refractivity contribution in [3.8, 4) is 11.6 Å². The van der Waals surface area contributed by atoms with Crippen LogP contribution < -0.4 is 9.47 Å². The maximum atomic E-state index is 12.4. The lowest BCUT2D eigenvalue weighted by Gasteiger charge is -2.19. The summed E-state index contributed by atoms with van der Waals surface area (Å²) in [7, 11) is 1.57. The molecule has 2 aromatic rings. The van der Waals surface area contributed by atoms with Gasteiger partial charge in [0.05, 0.1) is 35.2 Å². The minimum absolute atomic E-state index is 0.0620. The van der Waals surface area contributed by atoms with Crippen molar-refractivity contribution >= 4 is 33.3 Å². The summed E-state index contributed by atoms with van der Waals surface area (Å²) in [6, 6.07) is 3.57. The van der Waals surface area contributed by atoms with Crippen LogP contribution in [0.1, 0.15) is 63.0 Å². The van der Waals surface area contributed by atoms with Crippen LogP contribution in [0.4, 0.5) is 0 Å². The number of hydrogen-bond acceptors (Lipinski definition) is 7. The van der Waals surface area contributed by atoms with Crippen molar-refractivity contribution in [2.24, 2.45) is 0 Å². The van der Waals surface area contributed by atoms with E-state index >= 15 is 0 Å². The number of Topliss-reactive ketones (excluding diaryl/α,β-unsaturated/α-hetero) is 1. The topological polar surface area (TPSA) is 74.7 Å². The zero-order valence-corrected chi connectivity index (χ0v) is 17.4. The van der Waals surface area contributed by atoms with Crippen molar-refractivity contribution in [1.82, 2.24) is 4.98 Å². The molecule has 0 aliphatic carbocycles. The highest BCUT2D eigenvalue weighted by atomic mass is 32.1. The quantitative estimate of drug-likeness (QED) is 0.346. The second-order valence-electron chi connectivity index (χ2n) is 7.20. The third-order valence-corrected chi connectivity index (χ3v) is 4.76. The number of rotatable bonds is 9. The first kappa shape index (κ1) is 21.2. The number of carbonyl (C=O) groups excluding carboxylic acids is 2. The van der Waals surface area contributed by atoms with Gasteiger partial charge in [-0.3, -0.25) is 9.59 Å². The smallest absolute Gasteiger partial charge is 0.306 e. The highest BCUT2D eigenvalue weighted by molar-refractivity contribution is 7.20. The summed E-state index contributed by atoms with van der Waals surface area (Å²) in [5.41, 5.74) is 0.139. The lowest BCUT2D eigenvalue weighted by molar-refractivity contribution is -0.154. The van der Waals surface area contributed by atoms with Crippen molar-refractivity contribution in [2.75, 3.05) is 13.7 Å². The summed E-state index contributed by atoms with van der Waals surface area (Å²) in [5, 5.41) is 0. The molecule has 0 fully saturated rings. The number of ether oxygens (including phenoxy) is 3. The van der Waals surface area contributed by atoms with Crippen LogP contribution in [0.25, 0.3) is 10.2 Å². The minimum atomic E-state index is -0.549. The van der Waals surface area contributed by atoms with E-state index in [2.05, 4.69) is 11.9 Å². The molecule has 0 saturated carbocycles. The van der Waals surface area contributed by atoms with Gasteiger partial charge >= 0.3 is 5.97 Å². The number of nitrogens with zero attached hydrogens (tertiary/aromatic N) is 1. The lowest BCUT2D eigenvalue weighted by atomic mass is 10.1. The molecule has 6 nitrogen and oxygen atoms in total. The van der Waals surface area contributed by atoms with E-state index in [0.29, 0.717) is 28.6 Å². The molecule has 0 bridgehead atoms. The van der Waals surface area contributed by atoms with E-state index in [1.807, 2.05) is 6.07 Å². The van der Waals surface area contributed by atoms with Crippen LogP contribution in [0.3, 0.4) is 0 Å². The van der Waals surface area contributed by atoms with E-state index in [1.165, 1.54) is 11.3 Å². The largest absolute Gasteiger partial charge is 0.491 e. The number of pyridine rings is 1. The van der Waals surface area contributed by atoms with Crippen LogP contribution >= 0.6 is 11.3 Å². The number of carbonyl (C=O) groups is 2. The van der Waals surface area contributed by atoms with Gasteiger partial charge in [0.25, 0.3) is 5.88 Å². The molecule has 0 atom stereocenters. The molecule has 2 rings (SSSR count). The standard InChI is InChI=1S/C20H27NO5S/c1-6-7-10-25-19-15(24-5)12-16-13(21-19)11-17(27-16)14(22)8-9-18(23)26-20(2,3)4/h11-12H,6-10H2,1-5H3. The zero-order chi connectivity index (χ0) is 20.0. The van der Waals surface area contributed by atoms with Gasteiger partial charge in [0.15, 0.2) is 11.5 Å². The monoisotopic (exact) mass is 393 g/mol. The number of unbranched alkanes of at least 4 members (excludes halogenated alkanes) is 1. The summed E-state index contributed by atoms with van der Waals surface area (Å²) in [6.07, 6.45) is 2.13. The van der Waals surface area contributed by atoms with Crippen LogP contribution in [-0.4, -0.2) is 36.1 Å². The molecule has 0 amide bonds. The highest BCUT2D eigenvalue weighted by Crippen LogP contribution is 2.34. The van der Waals surface area contributed by atoms with Crippen LogP contribution in [0.2, 0.25) is 0 Å². The summed E-state index contributed by atoms with van der Waals surface area (Å²) in [6.45, 7) is 8.07. The number of thiophene rings is 1. The van der Waals surface area contributed by atoms with E-state index in [4.69, 9.17) is 14.2 Å². The van der Waals surface area contributed by atoms with Gasteiger partial charge in [-0.15, -0.1) is 11.3 Å². The third-order valence-electron chi connectivity index (χ3n) is 3.64. The fourth-order valence-electron chi connectivity index (χ4n) is 2.36. The van der Waals surface area contributed by atoms with Crippen LogP contribution in [0.5, 0.6) is 11.6 Å². The van der Waals surface area contributed by atoms with Gasteiger partial charge in [-0.05, 0) is 33.3 Å². The molecule has 0 aliphatic heterocycles. The molecule has 0 spiro atoms. The Hall–Kier alpha value is -2.15. The van der Waals surface area contributed by atoms with E-state index in [1.54, 1.807) is 33.9 Å². The molecule has 27 heavy (non-hydrogen) atoms.